The highest BCUT2D eigenvalue weighted by Crippen LogP contribution is 2.36. The second-order valence-electron chi connectivity index (χ2n) is 6.98. The van der Waals surface area contributed by atoms with E-state index in [-0.39, 0.29) is 31.8 Å². The molecule has 0 unspecified atom stereocenters. The molecule has 2 heterocycles. The molecular formula is C21H19ClF2N2O2. The molecular weight excluding hydrogens is 386 g/mol. The van der Waals surface area contributed by atoms with Crippen molar-refractivity contribution in [2.24, 2.45) is 5.73 Å². The summed E-state index contributed by atoms with van der Waals surface area (Å²) >= 11 is 6.57. The van der Waals surface area contributed by atoms with Crippen molar-refractivity contribution in [3.05, 3.63) is 58.8 Å². The van der Waals surface area contributed by atoms with E-state index in [1.165, 1.54) is 4.90 Å². The van der Waals surface area contributed by atoms with Crippen LogP contribution in [0.1, 0.15) is 29.0 Å². The van der Waals surface area contributed by atoms with Crippen molar-refractivity contribution in [2.45, 2.75) is 25.3 Å². The van der Waals surface area contributed by atoms with Crippen molar-refractivity contribution in [1.29, 1.82) is 0 Å². The average Bonchev–Trinajstić information content (AvgIpc) is 3.16. The van der Waals surface area contributed by atoms with Crippen molar-refractivity contribution in [1.82, 2.24) is 4.90 Å². The summed E-state index contributed by atoms with van der Waals surface area (Å²) in [5.74, 6) is -1.63. The van der Waals surface area contributed by atoms with Crippen LogP contribution in [-0.2, 0) is 6.54 Å². The summed E-state index contributed by atoms with van der Waals surface area (Å²) in [6.45, 7) is 0.427. The van der Waals surface area contributed by atoms with Gasteiger partial charge in [0, 0.05) is 42.4 Å². The Bertz CT molecular complexity index is 1040. The van der Waals surface area contributed by atoms with Crippen molar-refractivity contribution in [3.63, 3.8) is 0 Å². The van der Waals surface area contributed by atoms with Crippen LogP contribution in [0.15, 0.2) is 46.9 Å². The SMILES string of the molecule is NCc1ccc(-c2ccc3cc(C(=O)N4CCC(F)(F)CC4)ccc3c2Cl)o1. The van der Waals surface area contributed by atoms with Crippen LogP contribution in [0.5, 0.6) is 0 Å². The number of likely N-dealkylation sites (tertiary alicyclic amines) is 1. The summed E-state index contributed by atoms with van der Waals surface area (Å²) in [5, 5.41) is 2.10. The Hall–Kier alpha value is -2.44. The zero-order valence-corrected chi connectivity index (χ0v) is 15.8. The minimum Gasteiger partial charge on any atom is -0.460 e. The lowest BCUT2D eigenvalue weighted by Crippen LogP contribution is -2.42. The third kappa shape index (κ3) is 3.50. The van der Waals surface area contributed by atoms with Gasteiger partial charge in [0.1, 0.15) is 11.5 Å². The molecule has 0 radical (unpaired) electrons. The van der Waals surface area contributed by atoms with E-state index in [4.69, 9.17) is 21.8 Å². The summed E-state index contributed by atoms with van der Waals surface area (Å²) in [6.07, 6.45) is -0.592. The first-order chi connectivity index (χ1) is 13.4. The van der Waals surface area contributed by atoms with E-state index in [1.807, 2.05) is 18.2 Å². The molecule has 1 aromatic heterocycles. The van der Waals surface area contributed by atoms with E-state index in [0.717, 1.165) is 16.3 Å². The van der Waals surface area contributed by atoms with E-state index < -0.39 is 5.92 Å². The third-order valence-corrected chi connectivity index (χ3v) is 5.52. The zero-order valence-electron chi connectivity index (χ0n) is 15.1. The number of nitrogens with zero attached hydrogens (tertiary/aromatic N) is 1. The van der Waals surface area contributed by atoms with E-state index in [9.17, 15) is 13.6 Å². The highest BCUT2D eigenvalue weighted by Gasteiger charge is 2.35. The maximum Gasteiger partial charge on any atom is 0.253 e. The van der Waals surface area contributed by atoms with E-state index in [0.29, 0.717) is 28.7 Å². The second kappa shape index (κ2) is 7.18. The molecule has 0 bridgehead atoms. The van der Waals surface area contributed by atoms with Gasteiger partial charge in [-0.05, 0) is 35.7 Å². The molecule has 28 heavy (non-hydrogen) atoms. The van der Waals surface area contributed by atoms with Crippen LogP contribution in [0.3, 0.4) is 0 Å². The quantitative estimate of drug-likeness (QED) is 0.662. The van der Waals surface area contributed by atoms with Gasteiger partial charge in [-0.15, -0.1) is 0 Å². The molecule has 3 aromatic rings. The summed E-state index contributed by atoms with van der Waals surface area (Å²) in [5.41, 5.74) is 6.79. The van der Waals surface area contributed by atoms with E-state index in [2.05, 4.69) is 0 Å². The normalized spacial score (nSPS) is 16.5. The lowest BCUT2D eigenvalue weighted by Gasteiger charge is -2.31. The molecule has 1 aliphatic heterocycles. The lowest BCUT2D eigenvalue weighted by atomic mass is 10.0. The maximum absolute atomic E-state index is 13.3. The molecule has 0 aliphatic carbocycles. The number of piperidine rings is 1. The molecule has 146 valence electrons. The Labute approximate surface area is 165 Å². The highest BCUT2D eigenvalue weighted by atomic mass is 35.5. The molecule has 2 aromatic carbocycles. The first-order valence-corrected chi connectivity index (χ1v) is 9.44. The first kappa shape index (κ1) is 18.9. The summed E-state index contributed by atoms with van der Waals surface area (Å²) < 4.78 is 32.3. The van der Waals surface area contributed by atoms with Gasteiger partial charge in [-0.1, -0.05) is 23.7 Å². The molecule has 0 saturated carbocycles. The van der Waals surface area contributed by atoms with Gasteiger partial charge in [-0.2, -0.15) is 0 Å². The van der Waals surface area contributed by atoms with Crippen LogP contribution in [0.25, 0.3) is 22.1 Å². The highest BCUT2D eigenvalue weighted by molar-refractivity contribution is 6.38. The second-order valence-corrected chi connectivity index (χ2v) is 7.36. The van der Waals surface area contributed by atoms with Crippen molar-refractivity contribution < 1.29 is 18.0 Å². The standard InChI is InChI=1S/C21H19ClF2N2O2/c22-19-16-4-2-14(20(27)26-9-7-21(23,24)8-10-26)11-13(16)1-5-17(19)18-6-3-15(12-25)28-18/h1-6,11H,7-10,12,25H2. The van der Waals surface area contributed by atoms with Gasteiger partial charge in [0.2, 0.25) is 0 Å². The van der Waals surface area contributed by atoms with Crippen LogP contribution >= 0.6 is 11.6 Å². The Morgan fingerprint density at radius 1 is 1.14 bits per heavy atom. The van der Waals surface area contributed by atoms with E-state index >= 15 is 0 Å². The minimum atomic E-state index is -2.68. The fourth-order valence-corrected chi connectivity index (χ4v) is 3.80. The maximum atomic E-state index is 13.3. The number of hydrogen-bond donors (Lipinski definition) is 1. The molecule has 1 amide bonds. The van der Waals surface area contributed by atoms with Crippen LogP contribution < -0.4 is 5.73 Å². The first-order valence-electron chi connectivity index (χ1n) is 9.06. The van der Waals surface area contributed by atoms with Gasteiger partial charge in [-0.25, -0.2) is 8.78 Å². The van der Waals surface area contributed by atoms with E-state index in [1.54, 1.807) is 24.3 Å². The molecule has 2 N–H and O–H groups in total. The smallest absolute Gasteiger partial charge is 0.253 e. The lowest BCUT2D eigenvalue weighted by molar-refractivity contribution is -0.0494. The van der Waals surface area contributed by atoms with Gasteiger partial charge in [0.05, 0.1) is 11.6 Å². The van der Waals surface area contributed by atoms with Gasteiger partial charge >= 0.3 is 0 Å². The number of carbonyl (C=O) groups excluding carboxylic acids is 1. The molecule has 4 rings (SSSR count). The van der Waals surface area contributed by atoms with Gasteiger partial charge < -0.3 is 15.1 Å². The van der Waals surface area contributed by atoms with Gasteiger partial charge in [0.15, 0.2) is 0 Å². The number of hydrogen-bond acceptors (Lipinski definition) is 3. The monoisotopic (exact) mass is 404 g/mol. The minimum absolute atomic E-state index is 0.0610. The number of fused-ring (bicyclic) bond motifs is 1. The summed E-state index contributed by atoms with van der Waals surface area (Å²) in [7, 11) is 0. The number of benzene rings is 2. The molecule has 1 aliphatic rings. The Kier molecular flexibility index (Phi) is 4.85. The summed E-state index contributed by atoms with van der Waals surface area (Å²) in [4.78, 5) is 14.2. The average molecular weight is 405 g/mol. The Morgan fingerprint density at radius 2 is 1.89 bits per heavy atom. The zero-order chi connectivity index (χ0) is 19.9. The number of furan rings is 1. The van der Waals surface area contributed by atoms with Crippen LogP contribution in [0.2, 0.25) is 5.02 Å². The molecule has 4 nitrogen and oxygen atoms in total. The predicted molar refractivity (Wildman–Crippen MR) is 105 cm³/mol. The van der Waals surface area contributed by atoms with Crippen LogP contribution in [-0.4, -0.2) is 29.8 Å². The Morgan fingerprint density at radius 3 is 2.57 bits per heavy atom. The van der Waals surface area contributed by atoms with Gasteiger partial charge in [-0.3, -0.25) is 4.79 Å². The number of halogens is 3. The molecule has 0 atom stereocenters. The number of alkyl halides is 2. The van der Waals surface area contributed by atoms with Crippen LogP contribution in [0.4, 0.5) is 8.78 Å². The number of rotatable bonds is 3. The molecule has 1 fully saturated rings. The number of nitrogens with two attached hydrogens (primary N) is 1. The van der Waals surface area contributed by atoms with Gasteiger partial charge in [0.25, 0.3) is 11.8 Å². The van der Waals surface area contributed by atoms with Crippen LogP contribution in [0, 0.1) is 0 Å². The number of carbonyl (C=O) groups is 1. The number of amides is 1. The Balaban J connectivity index is 1.63. The molecule has 7 heteroatoms. The fourth-order valence-electron chi connectivity index (χ4n) is 3.47. The molecule has 1 saturated heterocycles. The summed E-state index contributed by atoms with van der Waals surface area (Å²) in [6, 6.07) is 12.5. The van der Waals surface area contributed by atoms with Crippen molar-refractivity contribution in [2.75, 3.05) is 13.1 Å². The predicted octanol–water partition coefficient (Wildman–Crippen LogP) is 5.08. The largest absolute Gasteiger partial charge is 0.460 e. The molecule has 0 spiro atoms. The third-order valence-electron chi connectivity index (χ3n) is 5.11. The topological polar surface area (TPSA) is 59.5 Å². The fraction of sp³-hybridized carbons (Fsp3) is 0.286. The van der Waals surface area contributed by atoms with Crippen molar-refractivity contribution >= 4 is 28.3 Å². The van der Waals surface area contributed by atoms with Crippen molar-refractivity contribution in [3.8, 4) is 11.3 Å².